The van der Waals surface area contributed by atoms with Crippen molar-refractivity contribution in [2.24, 2.45) is 0 Å². The monoisotopic (exact) mass is 267 g/mol. The van der Waals surface area contributed by atoms with Crippen LogP contribution in [-0.4, -0.2) is 39.8 Å². The van der Waals surface area contributed by atoms with Crippen LogP contribution in [0.1, 0.15) is 24.5 Å². The van der Waals surface area contributed by atoms with Crippen LogP contribution >= 0.6 is 0 Å². The minimum Gasteiger partial charge on any atom is -0.481 e. The minimum atomic E-state index is -1.05. The lowest BCUT2D eigenvalue weighted by molar-refractivity contribution is -0.138. The Hall–Kier alpha value is -1.92. The van der Waals surface area contributed by atoms with Crippen LogP contribution in [0.3, 0.4) is 0 Å². The maximum Gasteiger partial charge on any atom is 0.305 e. The Bertz CT molecular complexity index is 420. The maximum absolute atomic E-state index is 10.8. The largest absolute Gasteiger partial charge is 0.481 e. The van der Waals surface area contributed by atoms with Crippen LogP contribution < -0.4 is 5.32 Å². The van der Waals surface area contributed by atoms with E-state index in [0.29, 0.717) is 5.56 Å². The molecule has 2 unspecified atom stereocenters. The van der Waals surface area contributed by atoms with Gasteiger partial charge in [0.15, 0.2) is 0 Å². The Morgan fingerprint density at radius 1 is 1.11 bits per heavy atom. The number of benzene rings is 1. The van der Waals surface area contributed by atoms with E-state index in [2.05, 4.69) is 5.32 Å². The summed E-state index contributed by atoms with van der Waals surface area (Å²) in [4.78, 5) is 21.2. The van der Waals surface area contributed by atoms with Crippen LogP contribution in [0.15, 0.2) is 30.3 Å². The van der Waals surface area contributed by atoms with Crippen LogP contribution in [0.2, 0.25) is 0 Å². The Morgan fingerprint density at radius 2 is 1.74 bits per heavy atom. The van der Waals surface area contributed by atoms with Crippen molar-refractivity contribution in [2.45, 2.75) is 25.0 Å². The van der Waals surface area contributed by atoms with E-state index >= 15 is 0 Å². The highest BCUT2D eigenvalue weighted by Gasteiger charge is 2.23. The molecular formula is C13H17NO5. The molecule has 0 aliphatic rings. The normalized spacial score (nSPS) is 13.7. The van der Waals surface area contributed by atoms with E-state index in [-0.39, 0.29) is 19.4 Å². The molecule has 1 rings (SSSR count). The van der Waals surface area contributed by atoms with Gasteiger partial charge in [0, 0.05) is 12.6 Å². The Labute approximate surface area is 110 Å². The summed E-state index contributed by atoms with van der Waals surface area (Å²) < 4.78 is 0. The van der Waals surface area contributed by atoms with Crippen molar-refractivity contribution in [3.8, 4) is 0 Å². The van der Waals surface area contributed by atoms with E-state index in [4.69, 9.17) is 10.2 Å². The molecule has 4 N–H and O–H groups in total. The molecule has 0 bridgehead atoms. The van der Waals surface area contributed by atoms with Gasteiger partial charge in [0.25, 0.3) is 0 Å². The molecule has 2 atom stereocenters. The predicted molar refractivity (Wildman–Crippen MR) is 67.7 cm³/mol. The van der Waals surface area contributed by atoms with E-state index < -0.39 is 24.1 Å². The molecule has 1 aromatic rings. The molecule has 6 heteroatoms. The second-order valence-electron chi connectivity index (χ2n) is 4.16. The molecule has 0 saturated carbocycles. The topological polar surface area (TPSA) is 107 Å². The number of nitrogens with one attached hydrogen (secondary N) is 1. The molecule has 104 valence electrons. The van der Waals surface area contributed by atoms with Gasteiger partial charge in [0.2, 0.25) is 0 Å². The van der Waals surface area contributed by atoms with E-state index in [1.165, 1.54) is 0 Å². The van der Waals surface area contributed by atoms with Crippen molar-refractivity contribution in [1.29, 1.82) is 0 Å². The SMILES string of the molecule is O=C(O)CCNC(CC(=O)O)C(O)c1ccccc1. The Balaban J connectivity index is 2.67. The Morgan fingerprint density at radius 3 is 2.26 bits per heavy atom. The summed E-state index contributed by atoms with van der Waals surface area (Å²) >= 11 is 0. The van der Waals surface area contributed by atoms with Crippen molar-refractivity contribution in [3.05, 3.63) is 35.9 Å². The molecular weight excluding hydrogens is 250 g/mol. The zero-order valence-electron chi connectivity index (χ0n) is 10.3. The van der Waals surface area contributed by atoms with Crippen LogP contribution in [0.4, 0.5) is 0 Å². The summed E-state index contributed by atoms with van der Waals surface area (Å²) in [7, 11) is 0. The van der Waals surface area contributed by atoms with Gasteiger partial charge in [-0.1, -0.05) is 30.3 Å². The van der Waals surface area contributed by atoms with Crippen molar-refractivity contribution in [3.63, 3.8) is 0 Å². The van der Waals surface area contributed by atoms with Crippen LogP contribution in [0.25, 0.3) is 0 Å². The molecule has 0 spiro atoms. The molecule has 19 heavy (non-hydrogen) atoms. The number of aliphatic hydroxyl groups is 1. The number of aliphatic carboxylic acids is 2. The number of carboxylic acids is 2. The van der Waals surface area contributed by atoms with E-state index in [9.17, 15) is 14.7 Å². The van der Waals surface area contributed by atoms with Gasteiger partial charge in [-0.2, -0.15) is 0 Å². The maximum atomic E-state index is 10.8. The average Bonchev–Trinajstić information content (AvgIpc) is 2.37. The van der Waals surface area contributed by atoms with Gasteiger partial charge in [-0.05, 0) is 5.56 Å². The first kappa shape index (κ1) is 15.1. The summed E-state index contributed by atoms with van der Waals surface area (Å²) in [6, 6.07) is 7.94. The van der Waals surface area contributed by atoms with E-state index in [0.717, 1.165) is 0 Å². The van der Waals surface area contributed by atoms with Crippen LogP contribution in [0.5, 0.6) is 0 Å². The number of carbonyl (C=O) groups is 2. The lowest BCUT2D eigenvalue weighted by atomic mass is 9.99. The summed E-state index contributed by atoms with van der Waals surface area (Å²) in [5.74, 6) is -2.03. The van der Waals surface area contributed by atoms with Gasteiger partial charge in [-0.25, -0.2) is 0 Å². The highest BCUT2D eigenvalue weighted by Crippen LogP contribution is 2.18. The smallest absolute Gasteiger partial charge is 0.305 e. The molecule has 0 aliphatic carbocycles. The molecule has 0 aliphatic heterocycles. The van der Waals surface area contributed by atoms with Gasteiger partial charge in [-0.3, -0.25) is 9.59 Å². The number of hydrogen-bond donors (Lipinski definition) is 4. The Kier molecular flexibility index (Phi) is 5.98. The molecule has 0 amide bonds. The standard InChI is InChI=1S/C13H17NO5/c15-11(16)6-7-14-10(8-12(17)18)13(19)9-4-2-1-3-5-9/h1-5,10,13-14,19H,6-8H2,(H,15,16)(H,17,18). The average molecular weight is 267 g/mol. The van der Waals surface area contributed by atoms with E-state index in [1.807, 2.05) is 0 Å². The van der Waals surface area contributed by atoms with Gasteiger partial charge in [0.05, 0.1) is 18.9 Å². The van der Waals surface area contributed by atoms with Crippen molar-refractivity contribution in [2.75, 3.05) is 6.54 Å². The highest BCUT2D eigenvalue weighted by atomic mass is 16.4. The number of aliphatic hydroxyl groups excluding tert-OH is 1. The molecule has 0 saturated heterocycles. The second kappa shape index (κ2) is 7.50. The summed E-state index contributed by atoms with van der Waals surface area (Å²) in [5.41, 5.74) is 0.594. The molecule has 0 fully saturated rings. The van der Waals surface area contributed by atoms with Gasteiger partial charge in [-0.15, -0.1) is 0 Å². The first-order valence-corrected chi connectivity index (χ1v) is 5.90. The van der Waals surface area contributed by atoms with Crippen LogP contribution in [0, 0.1) is 0 Å². The molecule has 1 aromatic carbocycles. The number of hydrogen-bond acceptors (Lipinski definition) is 4. The fraction of sp³-hybridized carbons (Fsp3) is 0.385. The molecule has 0 heterocycles. The van der Waals surface area contributed by atoms with Crippen molar-refractivity contribution < 1.29 is 24.9 Å². The van der Waals surface area contributed by atoms with Crippen molar-refractivity contribution >= 4 is 11.9 Å². The van der Waals surface area contributed by atoms with Crippen LogP contribution in [-0.2, 0) is 9.59 Å². The lowest BCUT2D eigenvalue weighted by Crippen LogP contribution is -2.38. The summed E-state index contributed by atoms with van der Waals surface area (Å²) in [6.45, 7) is 0.108. The molecule has 0 radical (unpaired) electrons. The first-order chi connectivity index (χ1) is 9.00. The highest BCUT2D eigenvalue weighted by molar-refractivity contribution is 5.68. The molecule has 6 nitrogen and oxygen atoms in total. The summed E-state index contributed by atoms with van der Waals surface area (Å²) in [6.07, 6.45) is -1.40. The predicted octanol–water partition coefficient (Wildman–Crippen LogP) is 0.628. The minimum absolute atomic E-state index is 0.108. The van der Waals surface area contributed by atoms with Gasteiger partial charge in [0.1, 0.15) is 0 Å². The van der Waals surface area contributed by atoms with Crippen molar-refractivity contribution in [1.82, 2.24) is 5.32 Å². The quantitative estimate of drug-likeness (QED) is 0.550. The number of carboxylic acid groups (broad SMARTS) is 2. The second-order valence-corrected chi connectivity index (χ2v) is 4.16. The van der Waals surface area contributed by atoms with Gasteiger partial charge >= 0.3 is 11.9 Å². The fourth-order valence-electron chi connectivity index (χ4n) is 1.73. The third-order valence-electron chi connectivity index (χ3n) is 2.66. The summed E-state index contributed by atoms with van der Waals surface area (Å²) in [5, 5.41) is 30.3. The lowest BCUT2D eigenvalue weighted by Gasteiger charge is -2.23. The third kappa shape index (κ3) is 5.50. The fourth-order valence-corrected chi connectivity index (χ4v) is 1.73. The first-order valence-electron chi connectivity index (χ1n) is 5.90. The van der Waals surface area contributed by atoms with Gasteiger partial charge < -0.3 is 20.6 Å². The molecule has 0 aromatic heterocycles. The van der Waals surface area contributed by atoms with E-state index in [1.54, 1.807) is 30.3 Å². The number of rotatable bonds is 8. The zero-order valence-corrected chi connectivity index (χ0v) is 10.3. The third-order valence-corrected chi connectivity index (χ3v) is 2.66. The zero-order chi connectivity index (χ0) is 14.3.